The van der Waals surface area contributed by atoms with Gasteiger partial charge in [0.2, 0.25) is 0 Å². The van der Waals surface area contributed by atoms with Gasteiger partial charge in [-0.15, -0.1) is 0 Å². The highest BCUT2D eigenvalue weighted by Gasteiger charge is 2.13. The number of hydrogen-bond acceptors (Lipinski definition) is 2. The molecule has 0 fully saturated rings. The molecule has 4 heteroatoms. The molecule has 0 aliphatic rings. The van der Waals surface area contributed by atoms with E-state index in [0.717, 1.165) is 11.3 Å². The lowest BCUT2D eigenvalue weighted by molar-refractivity contribution is 0.102. The molecule has 2 aromatic carbocycles. The number of carbonyl (C=O) groups is 1. The van der Waals surface area contributed by atoms with Crippen LogP contribution >= 0.6 is 12.2 Å². The van der Waals surface area contributed by atoms with Crippen molar-refractivity contribution in [1.82, 2.24) is 0 Å². The summed E-state index contributed by atoms with van der Waals surface area (Å²) >= 11 is 4.90. The van der Waals surface area contributed by atoms with Crippen LogP contribution in [-0.4, -0.2) is 10.9 Å². The molecule has 0 radical (unpaired) electrons. The Bertz CT molecular complexity index is 683. The van der Waals surface area contributed by atoms with Crippen LogP contribution in [0.3, 0.4) is 0 Å². The van der Waals surface area contributed by atoms with Gasteiger partial charge in [-0.2, -0.15) is 0 Å². The van der Waals surface area contributed by atoms with Crippen molar-refractivity contribution in [2.75, 3.05) is 5.32 Å². The third kappa shape index (κ3) is 3.92. The highest BCUT2D eigenvalue weighted by atomic mass is 32.1. The zero-order valence-corrected chi connectivity index (χ0v) is 13.8. The number of hydrogen-bond donors (Lipinski definition) is 2. The van der Waals surface area contributed by atoms with Crippen LogP contribution in [0.15, 0.2) is 48.5 Å². The van der Waals surface area contributed by atoms with Gasteiger partial charge in [-0.1, -0.05) is 57.3 Å². The minimum Gasteiger partial charge on any atom is -0.389 e. The molecule has 0 aliphatic carbocycles. The van der Waals surface area contributed by atoms with E-state index in [1.165, 1.54) is 5.56 Å². The second-order valence-electron chi connectivity index (χ2n) is 6.22. The Balaban J connectivity index is 2.10. The number of benzene rings is 2. The van der Waals surface area contributed by atoms with E-state index in [-0.39, 0.29) is 11.3 Å². The van der Waals surface area contributed by atoms with Crippen LogP contribution in [0.2, 0.25) is 0 Å². The standard InChI is InChI=1S/C18H20N2OS/c1-18(2,3)14-8-10-15(11-9-14)20-17(21)13-6-4-12(5-7-13)16(19)22/h4-11H,1-3H3,(H2,19,22)(H,20,21). The van der Waals surface area contributed by atoms with Crippen molar-refractivity contribution in [3.05, 3.63) is 65.2 Å². The summed E-state index contributed by atoms with van der Waals surface area (Å²) in [5, 5.41) is 2.88. The molecule has 0 spiro atoms. The smallest absolute Gasteiger partial charge is 0.255 e. The summed E-state index contributed by atoms with van der Waals surface area (Å²) in [6.07, 6.45) is 0. The number of nitrogens with two attached hydrogens (primary N) is 1. The Morgan fingerprint density at radius 3 is 1.91 bits per heavy atom. The van der Waals surface area contributed by atoms with E-state index in [1.54, 1.807) is 24.3 Å². The van der Waals surface area contributed by atoms with Gasteiger partial charge in [-0.3, -0.25) is 4.79 Å². The molecule has 0 atom stereocenters. The number of amides is 1. The Labute approximate surface area is 136 Å². The monoisotopic (exact) mass is 312 g/mol. The molecule has 22 heavy (non-hydrogen) atoms. The number of rotatable bonds is 3. The van der Waals surface area contributed by atoms with E-state index in [2.05, 4.69) is 26.1 Å². The molecule has 1 amide bonds. The third-order valence-corrected chi connectivity index (χ3v) is 3.68. The van der Waals surface area contributed by atoms with Crippen LogP contribution in [0.4, 0.5) is 5.69 Å². The van der Waals surface area contributed by atoms with Gasteiger partial charge >= 0.3 is 0 Å². The van der Waals surface area contributed by atoms with Crippen molar-refractivity contribution < 1.29 is 4.79 Å². The number of thiocarbonyl (C=S) groups is 1. The van der Waals surface area contributed by atoms with Crippen molar-refractivity contribution in [3.8, 4) is 0 Å². The van der Waals surface area contributed by atoms with Crippen LogP contribution in [0, 0.1) is 0 Å². The van der Waals surface area contributed by atoms with Crippen molar-refractivity contribution in [3.63, 3.8) is 0 Å². The van der Waals surface area contributed by atoms with Crippen LogP contribution in [0.5, 0.6) is 0 Å². The van der Waals surface area contributed by atoms with Crippen LogP contribution in [0.1, 0.15) is 42.3 Å². The molecule has 0 saturated heterocycles. The maximum absolute atomic E-state index is 12.2. The minimum absolute atomic E-state index is 0.0962. The largest absolute Gasteiger partial charge is 0.389 e. The summed E-state index contributed by atoms with van der Waals surface area (Å²) in [6.45, 7) is 6.47. The lowest BCUT2D eigenvalue weighted by Crippen LogP contribution is -2.14. The molecular formula is C18H20N2OS. The molecule has 0 heterocycles. The molecule has 2 aromatic rings. The summed E-state index contributed by atoms with van der Waals surface area (Å²) in [5.41, 5.74) is 8.96. The van der Waals surface area contributed by atoms with Crippen molar-refractivity contribution >= 4 is 28.8 Å². The summed E-state index contributed by atoms with van der Waals surface area (Å²) < 4.78 is 0. The van der Waals surface area contributed by atoms with Gasteiger partial charge in [0.05, 0.1) is 0 Å². The first-order chi connectivity index (χ1) is 10.3. The average Bonchev–Trinajstić information content (AvgIpc) is 2.47. The van der Waals surface area contributed by atoms with Gasteiger partial charge in [0.1, 0.15) is 4.99 Å². The van der Waals surface area contributed by atoms with E-state index in [1.807, 2.05) is 24.3 Å². The van der Waals surface area contributed by atoms with Crippen LogP contribution in [0.25, 0.3) is 0 Å². The quantitative estimate of drug-likeness (QED) is 0.846. The van der Waals surface area contributed by atoms with E-state index < -0.39 is 0 Å². The normalized spacial score (nSPS) is 11.0. The van der Waals surface area contributed by atoms with Crippen LogP contribution < -0.4 is 11.1 Å². The zero-order chi connectivity index (χ0) is 16.3. The minimum atomic E-state index is -0.155. The topological polar surface area (TPSA) is 55.1 Å². The lowest BCUT2D eigenvalue weighted by Gasteiger charge is -2.19. The number of carbonyl (C=O) groups excluding carboxylic acids is 1. The average molecular weight is 312 g/mol. The number of anilines is 1. The summed E-state index contributed by atoms with van der Waals surface area (Å²) in [6, 6.07) is 14.8. The molecule has 0 unspecified atom stereocenters. The predicted octanol–water partition coefficient (Wildman–Crippen LogP) is 3.87. The van der Waals surface area contributed by atoms with Crippen molar-refractivity contribution in [2.45, 2.75) is 26.2 Å². The fraction of sp³-hybridized carbons (Fsp3) is 0.222. The molecular weight excluding hydrogens is 292 g/mol. The van der Waals surface area contributed by atoms with Gasteiger partial charge in [-0.25, -0.2) is 0 Å². The molecule has 114 valence electrons. The fourth-order valence-electron chi connectivity index (χ4n) is 2.04. The Morgan fingerprint density at radius 1 is 0.955 bits per heavy atom. The number of nitrogens with one attached hydrogen (secondary N) is 1. The molecule has 0 aliphatic heterocycles. The molecule has 3 N–H and O–H groups in total. The van der Waals surface area contributed by atoms with Crippen LogP contribution in [-0.2, 0) is 5.41 Å². The molecule has 0 saturated carbocycles. The molecule has 0 bridgehead atoms. The van der Waals surface area contributed by atoms with E-state index in [0.29, 0.717) is 10.6 Å². The highest BCUT2D eigenvalue weighted by molar-refractivity contribution is 7.80. The van der Waals surface area contributed by atoms with Gasteiger partial charge in [0.25, 0.3) is 5.91 Å². The van der Waals surface area contributed by atoms with Gasteiger partial charge < -0.3 is 11.1 Å². The summed E-state index contributed by atoms with van der Waals surface area (Å²) in [7, 11) is 0. The maximum atomic E-state index is 12.2. The second kappa shape index (κ2) is 6.28. The molecule has 3 nitrogen and oxygen atoms in total. The first-order valence-corrected chi connectivity index (χ1v) is 7.50. The second-order valence-corrected chi connectivity index (χ2v) is 6.66. The Morgan fingerprint density at radius 2 is 1.45 bits per heavy atom. The van der Waals surface area contributed by atoms with Gasteiger partial charge in [0.15, 0.2) is 0 Å². The van der Waals surface area contributed by atoms with Gasteiger partial charge in [0, 0.05) is 16.8 Å². The maximum Gasteiger partial charge on any atom is 0.255 e. The van der Waals surface area contributed by atoms with Crippen molar-refractivity contribution in [2.24, 2.45) is 5.73 Å². The summed E-state index contributed by atoms with van der Waals surface area (Å²) in [5.74, 6) is -0.155. The third-order valence-electron chi connectivity index (χ3n) is 3.44. The SMILES string of the molecule is CC(C)(C)c1ccc(NC(=O)c2ccc(C(N)=S)cc2)cc1. The highest BCUT2D eigenvalue weighted by Crippen LogP contribution is 2.23. The zero-order valence-electron chi connectivity index (χ0n) is 13.0. The van der Waals surface area contributed by atoms with E-state index in [4.69, 9.17) is 18.0 Å². The first-order valence-electron chi connectivity index (χ1n) is 7.09. The first kappa shape index (κ1) is 16.2. The predicted molar refractivity (Wildman–Crippen MR) is 95.4 cm³/mol. The molecule has 0 aromatic heterocycles. The Kier molecular flexibility index (Phi) is 4.62. The Hall–Kier alpha value is -2.20. The molecule has 2 rings (SSSR count). The van der Waals surface area contributed by atoms with E-state index >= 15 is 0 Å². The van der Waals surface area contributed by atoms with E-state index in [9.17, 15) is 4.79 Å². The van der Waals surface area contributed by atoms with Gasteiger partial charge in [-0.05, 0) is 35.2 Å². The van der Waals surface area contributed by atoms with Crippen molar-refractivity contribution in [1.29, 1.82) is 0 Å². The summed E-state index contributed by atoms with van der Waals surface area (Å²) in [4.78, 5) is 12.5. The lowest BCUT2D eigenvalue weighted by atomic mass is 9.87. The fourth-order valence-corrected chi connectivity index (χ4v) is 2.18.